The monoisotopic (exact) mass is 429 g/mol. The van der Waals surface area contributed by atoms with Crippen molar-refractivity contribution in [2.45, 2.75) is 32.2 Å². The summed E-state index contributed by atoms with van der Waals surface area (Å²) in [5, 5.41) is 6.86. The molecular formula is C24H20FN5O2. The van der Waals surface area contributed by atoms with Crippen LogP contribution < -0.4 is 5.32 Å². The standard InChI is InChI=1S/C24H20FN5O2/c1-14-5-6-20(27-13-14)16-10-17(21-19(25)4-3-9-26-21)12-18(11-16)22(31)29-24(7-8-24)23-28-15(2)30-32-23/h3-6,9-13H,7-8H2,1-2H3,(H,29,31). The van der Waals surface area contributed by atoms with Crippen LogP contribution in [0.1, 0.15) is 40.5 Å². The molecule has 3 aromatic heterocycles. The summed E-state index contributed by atoms with van der Waals surface area (Å²) in [4.78, 5) is 26.2. The summed E-state index contributed by atoms with van der Waals surface area (Å²) in [7, 11) is 0. The third kappa shape index (κ3) is 3.75. The van der Waals surface area contributed by atoms with Crippen LogP contribution in [-0.2, 0) is 5.54 Å². The molecule has 1 aromatic carbocycles. The first kappa shape index (κ1) is 20.0. The first-order valence-electron chi connectivity index (χ1n) is 10.3. The second kappa shape index (κ2) is 7.64. The number of aromatic nitrogens is 4. The van der Waals surface area contributed by atoms with Crippen molar-refractivity contribution >= 4 is 5.91 Å². The molecule has 4 aromatic rings. The van der Waals surface area contributed by atoms with Gasteiger partial charge >= 0.3 is 0 Å². The molecule has 32 heavy (non-hydrogen) atoms. The van der Waals surface area contributed by atoms with E-state index in [1.54, 1.807) is 31.3 Å². The maximum absolute atomic E-state index is 14.5. The SMILES string of the molecule is Cc1ccc(-c2cc(C(=O)NC3(c4nc(C)no4)CC3)cc(-c3ncccc3F)c2)nc1. The van der Waals surface area contributed by atoms with Crippen molar-refractivity contribution in [2.24, 2.45) is 0 Å². The molecule has 0 bridgehead atoms. The molecule has 8 heteroatoms. The van der Waals surface area contributed by atoms with Crippen molar-refractivity contribution in [1.82, 2.24) is 25.4 Å². The summed E-state index contributed by atoms with van der Waals surface area (Å²) in [6, 6.07) is 11.8. The molecule has 7 nitrogen and oxygen atoms in total. The summed E-state index contributed by atoms with van der Waals surface area (Å²) in [5.74, 6) is 0.134. The Kier molecular flexibility index (Phi) is 4.77. The minimum Gasteiger partial charge on any atom is -0.338 e. The lowest BCUT2D eigenvalue weighted by Crippen LogP contribution is -2.35. The van der Waals surface area contributed by atoms with E-state index < -0.39 is 11.4 Å². The molecule has 5 rings (SSSR count). The van der Waals surface area contributed by atoms with Gasteiger partial charge in [-0.2, -0.15) is 4.98 Å². The van der Waals surface area contributed by atoms with Crippen LogP contribution in [0.15, 0.2) is 59.4 Å². The molecule has 1 aliphatic rings. The van der Waals surface area contributed by atoms with Crippen molar-refractivity contribution in [3.05, 3.63) is 83.5 Å². The zero-order valence-corrected chi connectivity index (χ0v) is 17.6. The quantitative estimate of drug-likeness (QED) is 0.506. The van der Waals surface area contributed by atoms with E-state index in [9.17, 15) is 9.18 Å². The Hall–Kier alpha value is -3.94. The third-order valence-corrected chi connectivity index (χ3v) is 5.47. The summed E-state index contributed by atoms with van der Waals surface area (Å²) in [5.41, 5.74) is 2.76. The van der Waals surface area contributed by atoms with Crippen LogP contribution in [0.25, 0.3) is 22.5 Å². The van der Waals surface area contributed by atoms with Gasteiger partial charge in [-0.1, -0.05) is 11.2 Å². The van der Waals surface area contributed by atoms with Gasteiger partial charge in [-0.25, -0.2) is 4.39 Å². The van der Waals surface area contributed by atoms with Crippen molar-refractivity contribution in [2.75, 3.05) is 0 Å². The van der Waals surface area contributed by atoms with E-state index in [2.05, 4.69) is 25.4 Å². The lowest BCUT2D eigenvalue weighted by Gasteiger charge is -2.15. The fourth-order valence-corrected chi connectivity index (χ4v) is 3.58. The number of halogens is 1. The molecule has 1 saturated carbocycles. The van der Waals surface area contributed by atoms with E-state index in [-0.39, 0.29) is 11.6 Å². The smallest absolute Gasteiger partial charge is 0.252 e. The minimum absolute atomic E-state index is 0.171. The van der Waals surface area contributed by atoms with Gasteiger partial charge in [-0.15, -0.1) is 0 Å². The largest absolute Gasteiger partial charge is 0.338 e. The fraction of sp³-hybridized carbons (Fsp3) is 0.208. The first-order valence-corrected chi connectivity index (χ1v) is 10.3. The number of rotatable bonds is 5. The molecule has 3 heterocycles. The zero-order valence-electron chi connectivity index (χ0n) is 17.6. The molecule has 0 saturated heterocycles. The highest BCUT2D eigenvalue weighted by molar-refractivity contribution is 5.97. The molecule has 1 amide bonds. The Bertz CT molecular complexity index is 1310. The second-order valence-electron chi connectivity index (χ2n) is 8.04. The molecule has 0 atom stereocenters. The highest BCUT2D eigenvalue weighted by atomic mass is 19.1. The van der Waals surface area contributed by atoms with Crippen LogP contribution in [0, 0.1) is 19.7 Å². The molecule has 1 aliphatic carbocycles. The summed E-state index contributed by atoms with van der Waals surface area (Å²) in [6.45, 7) is 3.68. The first-order chi connectivity index (χ1) is 15.4. The third-order valence-electron chi connectivity index (χ3n) is 5.47. The fourth-order valence-electron chi connectivity index (χ4n) is 3.58. The summed E-state index contributed by atoms with van der Waals surface area (Å²) in [6.07, 6.45) is 4.69. The van der Waals surface area contributed by atoms with Crippen LogP contribution in [0.5, 0.6) is 0 Å². The van der Waals surface area contributed by atoms with Gasteiger partial charge in [0.05, 0.1) is 5.69 Å². The van der Waals surface area contributed by atoms with Crippen molar-refractivity contribution < 1.29 is 13.7 Å². The number of nitrogens with one attached hydrogen (secondary N) is 1. The van der Waals surface area contributed by atoms with E-state index in [4.69, 9.17) is 4.52 Å². The van der Waals surface area contributed by atoms with Crippen LogP contribution in [0.4, 0.5) is 4.39 Å². The van der Waals surface area contributed by atoms with E-state index >= 15 is 0 Å². The molecule has 0 spiro atoms. The number of benzene rings is 1. The number of carbonyl (C=O) groups excluding carboxylic acids is 1. The average Bonchev–Trinajstić information content (AvgIpc) is 3.44. The average molecular weight is 429 g/mol. The van der Waals surface area contributed by atoms with Crippen molar-refractivity contribution in [3.8, 4) is 22.5 Å². The summed E-state index contributed by atoms with van der Waals surface area (Å²) < 4.78 is 19.8. The number of aryl methyl sites for hydroxylation is 2. The van der Waals surface area contributed by atoms with Crippen molar-refractivity contribution in [1.29, 1.82) is 0 Å². The number of pyridine rings is 2. The number of hydrogen-bond acceptors (Lipinski definition) is 6. The Morgan fingerprint density at radius 2 is 1.91 bits per heavy atom. The maximum Gasteiger partial charge on any atom is 0.252 e. The molecule has 160 valence electrons. The highest BCUT2D eigenvalue weighted by Crippen LogP contribution is 2.45. The number of nitrogens with zero attached hydrogens (tertiary/aromatic N) is 4. The molecular weight excluding hydrogens is 409 g/mol. The van der Waals surface area contributed by atoms with E-state index in [0.29, 0.717) is 46.9 Å². The molecule has 0 unspecified atom stereocenters. The van der Waals surface area contributed by atoms with Crippen LogP contribution in [0.2, 0.25) is 0 Å². The zero-order chi connectivity index (χ0) is 22.3. The molecule has 1 N–H and O–H groups in total. The van der Waals surface area contributed by atoms with Gasteiger partial charge in [0, 0.05) is 29.1 Å². The minimum atomic E-state index is -0.660. The maximum atomic E-state index is 14.5. The van der Waals surface area contributed by atoms with Gasteiger partial charge in [0.1, 0.15) is 17.1 Å². The van der Waals surface area contributed by atoms with Gasteiger partial charge in [-0.05, 0) is 68.7 Å². The van der Waals surface area contributed by atoms with Crippen LogP contribution >= 0.6 is 0 Å². The highest BCUT2D eigenvalue weighted by Gasteiger charge is 2.51. The second-order valence-corrected chi connectivity index (χ2v) is 8.04. The molecule has 0 radical (unpaired) electrons. The summed E-state index contributed by atoms with van der Waals surface area (Å²) >= 11 is 0. The predicted octanol–water partition coefficient (Wildman–Crippen LogP) is 4.37. The van der Waals surface area contributed by atoms with Crippen molar-refractivity contribution in [3.63, 3.8) is 0 Å². The van der Waals surface area contributed by atoms with E-state index in [1.807, 2.05) is 19.1 Å². The van der Waals surface area contributed by atoms with Gasteiger partial charge in [0.25, 0.3) is 11.8 Å². The van der Waals surface area contributed by atoms with Gasteiger partial charge in [0.15, 0.2) is 5.82 Å². The predicted molar refractivity (Wildman–Crippen MR) is 115 cm³/mol. The topological polar surface area (TPSA) is 93.8 Å². The van der Waals surface area contributed by atoms with Gasteiger partial charge in [-0.3, -0.25) is 14.8 Å². The normalized spacial score (nSPS) is 14.2. The number of carbonyl (C=O) groups is 1. The molecule has 0 aliphatic heterocycles. The lowest BCUT2D eigenvalue weighted by molar-refractivity contribution is 0.0920. The van der Waals surface area contributed by atoms with Gasteiger partial charge < -0.3 is 9.84 Å². The number of amides is 1. The molecule has 1 fully saturated rings. The van der Waals surface area contributed by atoms with Crippen LogP contribution in [0.3, 0.4) is 0 Å². The van der Waals surface area contributed by atoms with E-state index in [0.717, 1.165) is 5.56 Å². The van der Waals surface area contributed by atoms with E-state index in [1.165, 1.54) is 18.3 Å². The number of hydrogen-bond donors (Lipinski definition) is 1. The Balaban J connectivity index is 1.56. The Morgan fingerprint density at radius 3 is 2.56 bits per heavy atom. The Morgan fingerprint density at radius 1 is 1.09 bits per heavy atom. The van der Waals surface area contributed by atoms with Crippen LogP contribution in [-0.4, -0.2) is 26.0 Å². The van der Waals surface area contributed by atoms with Gasteiger partial charge in [0.2, 0.25) is 0 Å². The lowest BCUT2D eigenvalue weighted by atomic mass is 9.99. The Labute approximate surface area is 183 Å².